The Labute approximate surface area is 110 Å². The van der Waals surface area contributed by atoms with Gasteiger partial charge < -0.3 is 10.6 Å². The molecule has 0 saturated carbocycles. The van der Waals surface area contributed by atoms with Crippen LogP contribution < -0.4 is 5.73 Å². The molecule has 0 bridgehead atoms. The molecule has 0 spiro atoms. The Morgan fingerprint density at radius 2 is 2.05 bits per heavy atom. The lowest BCUT2D eigenvalue weighted by Crippen LogP contribution is -2.30. The van der Waals surface area contributed by atoms with Crippen LogP contribution in [0.2, 0.25) is 0 Å². The second-order valence-corrected chi connectivity index (χ2v) is 4.31. The summed E-state index contributed by atoms with van der Waals surface area (Å²) in [6, 6.07) is 7.70. The van der Waals surface area contributed by atoms with Gasteiger partial charge in [0.25, 0.3) is 0 Å². The fraction of sp³-hybridized carbons (Fsp3) is 0.231. The number of nitrogens with two attached hydrogens (primary N) is 1. The Hall–Kier alpha value is -2.37. The fourth-order valence-corrected chi connectivity index (χ4v) is 1.68. The first-order chi connectivity index (χ1) is 9.04. The maximum atomic E-state index is 12.8. The Morgan fingerprint density at radius 3 is 2.63 bits per heavy atom. The van der Waals surface area contributed by atoms with Crippen LogP contribution in [0.25, 0.3) is 0 Å². The number of benzene rings is 1. The van der Waals surface area contributed by atoms with Gasteiger partial charge in [0.15, 0.2) is 0 Å². The van der Waals surface area contributed by atoms with E-state index in [0.717, 1.165) is 5.56 Å². The van der Waals surface area contributed by atoms with Gasteiger partial charge >= 0.3 is 0 Å². The summed E-state index contributed by atoms with van der Waals surface area (Å²) in [5, 5.41) is 3.95. The molecular formula is C13H15FN4O. The molecule has 2 aromatic rings. The summed E-state index contributed by atoms with van der Waals surface area (Å²) in [7, 11) is 1.69. The van der Waals surface area contributed by atoms with Crippen LogP contribution in [0.4, 0.5) is 10.2 Å². The Kier molecular flexibility index (Phi) is 3.79. The van der Waals surface area contributed by atoms with E-state index >= 15 is 0 Å². The lowest BCUT2D eigenvalue weighted by molar-refractivity contribution is -0.131. The van der Waals surface area contributed by atoms with Crippen LogP contribution >= 0.6 is 0 Å². The van der Waals surface area contributed by atoms with Gasteiger partial charge in [-0.1, -0.05) is 12.1 Å². The fourth-order valence-electron chi connectivity index (χ4n) is 1.68. The molecule has 0 aliphatic carbocycles. The molecule has 5 nitrogen and oxygen atoms in total. The Bertz CT molecular complexity index is 564. The number of anilines is 1. The maximum absolute atomic E-state index is 12.8. The standard InChI is InChI=1S/C13H15FN4O/c1-17(8-10-2-4-11(14)5-3-10)13(19)9-18-7-6-12(15)16-18/h2-7H,8-9H2,1H3,(H2,15,16). The van der Waals surface area contributed by atoms with Gasteiger partial charge in [0.05, 0.1) is 0 Å². The van der Waals surface area contributed by atoms with Crippen LogP contribution in [0.1, 0.15) is 5.56 Å². The van der Waals surface area contributed by atoms with Crippen LogP contribution in [0.5, 0.6) is 0 Å². The number of hydrogen-bond acceptors (Lipinski definition) is 3. The zero-order chi connectivity index (χ0) is 13.8. The van der Waals surface area contributed by atoms with Crippen molar-refractivity contribution in [2.75, 3.05) is 12.8 Å². The number of carbonyl (C=O) groups is 1. The highest BCUT2D eigenvalue weighted by Gasteiger charge is 2.10. The van der Waals surface area contributed by atoms with Gasteiger partial charge in [-0.2, -0.15) is 5.10 Å². The van der Waals surface area contributed by atoms with E-state index in [9.17, 15) is 9.18 Å². The molecule has 1 heterocycles. The monoisotopic (exact) mass is 262 g/mol. The molecule has 1 aromatic heterocycles. The molecule has 0 aliphatic rings. The lowest BCUT2D eigenvalue weighted by Gasteiger charge is -2.17. The number of aromatic nitrogens is 2. The van der Waals surface area contributed by atoms with E-state index in [2.05, 4.69) is 5.10 Å². The van der Waals surface area contributed by atoms with Crippen molar-refractivity contribution in [2.45, 2.75) is 13.1 Å². The van der Waals surface area contributed by atoms with Crippen molar-refractivity contribution < 1.29 is 9.18 Å². The molecule has 0 aliphatic heterocycles. The number of carbonyl (C=O) groups excluding carboxylic acids is 1. The number of amides is 1. The van der Waals surface area contributed by atoms with E-state index in [1.807, 2.05) is 0 Å². The summed E-state index contributed by atoms with van der Waals surface area (Å²) in [5.41, 5.74) is 6.35. The van der Waals surface area contributed by atoms with Crippen LogP contribution in [-0.4, -0.2) is 27.6 Å². The van der Waals surface area contributed by atoms with Gasteiger partial charge in [0.1, 0.15) is 18.2 Å². The molecule has 0 saturated heterocycles. The predicted octanol–water partition coefficient (Wildman–Crippen LogP) is 1.26. The highest BCUT2D eigenvalue weighted by atomic mass is 19.1. The molecule has 0 unspecified atom stereocenters. The number of nitrogens with zero attached hydrogens (tertiary/aromatic N) is 3. The molecule has 1 aromatic carbocycles. The minimum absolute atomic E-state index is 0.0903. The zero-order valence-electron chi connectivity index (χ0n) is 10.6. The molecule has 0 fully saturated rings. The number of nitrogen functional groups attached to an aromatic ring is 1. The molecule has 1 amide bonds. The van der Waals surface area contributed by atoms with Crippen LogP contribution in [0.15, 0.2) is 36.5 Å². The van der Waals surface area contributed by atoms with E-state index in [0.29, 0.717) is 12.4 Å². The first kappa shape index (κ1) is 13.1. The van der Waals surface area contributed by atoms with Crippen molar-refractivity contribution in [3.05, 3.63) is 47.9 Å². The molecule has 19 heavy (non-hydrogen) atoms. The molecule has 2 N–H and O–H groups in total. The van der Waals surface area contributed by atoms with Crippen LogP contribution in [0.3, 0.4) is 0 Å². The second-order valence-electron chi connectivity index (χ2n) is 4.31. The van der Waals surface area contributed by atoms with Crippen molar-refractivity contribution in [2.24, 2.45) is 0 Å². The summed E-state index contributed by atoms with van der Waals surface area (Å²) < 4.78 is 14.3. The quantitative estimate of drug-likeness (QED) is 0.902. The molecular weight excluding hydrogens is 247 g/mol. The van der Waals surface area contributed by atoms with E-state index in [1.54, 1.807) is 36.3 Å². The predicted molar refractivity (Wildman–Crippen MR) is 69.5 cm³/mol. The number of rotatable bonds is 4. The van der Waals surface area contributed by atoms with Gasteiger partial charge in [-0.05, 0) is 23.8 Å². The molecule has 6 heteroatoms. The smallest absolute Gasteiger partial charge is 0.244 e. The van der Waals surface area contributed by atoms with Crippen molar-refractivity contribution in [1.82, 2.24) is 14.7 Å². The average Bonchev–Trinajstić information content (AvgIpc) is 2.77. The Morgan fingerprint density at radius 1 is 1.37 bits per heavy atom. The topological polar surface area (TPSA) is 64.2 Å². The number of halogens is 1. The van der Waals surface area contributed by atoms with E-state index in [1.165, 1.54) is 16.8 Å². The second kappa shape index (κ2) is 5.51. The number of likely N-dealkylation sites (N-methyl/N-ethyl adjacent to an activating group) is 1. The third-order valence-electron chi connectivity index (χ3n) is 2.72. The summed E-state index contributed by atoms with van der Waals surface area (Å²) in [6.45, 7) is 0.560. The minimum Gasteiger partial charge on any atom is -0.382 e. The third-order valence-corrected chi connectivity index (χ3v) is 2.72. The number of hydrogen-bond donors (Lipinski definition) is 1. The summed E-state index contributed by atoms with van der Waals surface area (Å²) >= 11 is 0. The third kappa shape index (κ3) is 3.54. The molecule has 0 radical (unpaired) electrons. The van der Waals surface area contributed by atoms with Gasteiger partial charge in [-0.3, -0.25) is 9.48 Å². The average molecular weight is 262 g/mol. The van der Waals surface area contributed by atoms with Crippen LogP contribution in [-0.2, 0) is 17.9 Å². The molecule has 0 atom stereocenters. The van der Waals surface area contributed by atoms with Crippen molar-refractivity contribution in [3.8, 4) is 0 Å². The van der Waals surface area contributed by atoms with E-state index in [4.69, 9.17) is 5.73 Å². The highest BCUT2D eigenvalue weighted by molar-refractivity contribution is 5.75. The summed E-state index contributed by atoms with van der Waals surface area (Å²) in [5.74, 6) is 0.00570. The first-order valence-corrected chi connectivity index (χ1v) is 5.82. The first-order valence-electron chi connectivity index (χ1n) is 5.82. The lowest BCUT2D eigenvalue weighted by atomic mass is 10.2. The minimum atomic E-state index is -0.287. The normalized spacial score (nSPS) is 10.4. The van der Waals surface area contributed by atoms with Gasteiger partial charge in [0, 0.05) is 19.8 Å². The summed E-state index contributed by atoms with van der Waals surface area (Å²) in [6.07, 6.45) is 1.65. The maximum Gasteiger partial charge on any atom is 0.244 e. The van der Waals surface area contributed by atoms with E-state index < -0.39 is 0 Å². The zero-order valence-corrected chi connectivity index (χ0v) is 10.6. The highest BCUT2D eigenvalue weighted by Crippen LogP contribution is 2.06. The van der Waals surface area contributed by atoms with Gasteiger partial charge in [0.2, 0.25) is 5.91 Å². The Balaban J connectivity index is 1.94. The van der Waals surface area contributed by atoms with Crippen molar-refractivity contribution >= 4 is 11.7 Å². The van der Waals surface area contributed by atoms with Gasteiger partial charge in [-0.15, -0.1) is 0 Å². The molecule has 100 valence electrons. The van der Waals surface area contributed by atoms with Crippen LogP contribution in [0, 0.1) is 5.82 Å². The van der Waals surface area contributed by atoms with E-state index in [-0.39, 0.29) is 18.3 Å². The van der Waals surface area contributed by atoms with Crippen molar-refractivity contribution in [3.63, 3.8) is 0 Å². The summed E-state index contributed by atoms with van der Waals surface area (Å²) in [4.78, 5) is 13.5. The van der Waals surface area contributed by atoms with Crippen molar-refractivity contribution in [1.29, 1.82) is 0 Å². The largest absolute Gasteiger partial charge is 0.382 e. The SMILES string of the molecule is CN(Cc1ccc(F)cc1)C(=O)Cn1ccc(N)n1. The molecule has 2 rings (SSSR count). The van der Waals surface area contributed by atoms with Gasteiger partial charge in [-0.25, -0.2) is 4.39 Å².